The first-order chi connectivity index (χ1) is 10.00. The summed E-state index contributed by atoms with van der Waals surface area (Å²) < 4.78 is 62.6. The van der Waals surface area contributed by atoms with Gasteiger partial charge in [-0.25, -0.2) is 16.8 Å². The molecule has 2 aromatic rings. The van der Waals surface area contributed by atoms with Gasteiger partial charge in [0.15, 0.2) is 0 Å². The third kappa shape index (κ3) is 8.41. The third-order valence-electron chi connectivity index (χ3n) is 2.56. The summed E-state index contributed by atoms with van der Waals surface area (Å²) in [5.41, 5.74) is 1.53. The number of hydrogen-bond donors (Lipinski definition) is 0. The van der Waals surface area contributed by atoms with Crippen molar-refractivity contribution in [3.05, 3.63) is 59.7 Å². The predicted molar refractivity (Wildman–Crippen MR) is 84.0 cm³/mol. The zero-order valence-electron chi connectivity index (χ0n) is 12.6. The predicted octanol–water partition coefficient (Wildman–Crippen LogP) is 1.42. The molecule has 0 aliphatic heterocycles. The molecule has 0 aromatic heterocycles. The fraction of sp³-hybridized carbons (Fsp3) is 0.143. The van der Waals surface area contributed by atoms with Crippen LogP contribution in [0.3, 0.4) is 0 Å². The van der Waals surface area contributed by atoms with Crippen LogP contribution in [0, 0.1) is 13.8 Å². The van der Waals surface area contributed by atoms with Crippen molar-refractivity contribution in [2.45, 2.75) is 23.6 Å². The second-order valence-electron chi connectivity index (χ2n) is 4.54. The van der Waals surface area contributed by atoms with Gasteiger partial charge in [0.1, 0.15) is 20.2 Å². The molecule has 2 aromatic carbocycles. The van der Waals surface area contributed by atoms with Crippen molar-refractivity contribution in [3.63, 3.8) is 0 Å². The molecule has 0 bridgehead atoms. The molecule has 0 atom stereocenters. The van der Waals surface area contributed by atoms with E-state index in [0.29, 0.717) is 0 Å². The summed E-state index contributed by atoms with van der Waals surface area (Å²) in [5.74, 6) is 0. The van der Waals surface area contributed by atoms with Gasteiger partial charge in [-0.2, -0.15) is 0 Å². The van der Waals surface area contributed by atoms with Crippen LogP contribution in [0.25, 0.3) is 0 Å². The molecule has 0 aliphatic rings. The van der Waals surface area contributed by atoms with Crippen LogP contribution in [0.1, 0.15) is 11.1 Å². The standard InChI is InChI=1S/2C7H8O3S.Sr/c2*1-6-3-2-4-7(5-6)11(8,9)10;/h2*2-5H,1H3,(H,8,9,10);/q;;+2/p-2. The Labute approximate surface area is 173 Å². The van der Waals surface area contributed by atoms with Crippen LogP contribution < -0.4 is 0 Å². The molecule has 0 heterocycles. The maximum atomic E-state index is 10.4. The zero-order valence-corrected chi connectivity index (χ0v) is 17.7. The molecule has 6 nitrogen and oxygen atoms in total. The summed E-state index contributed by atoms with van der Waals surface area (Å²) in [7, 11) is -8.55. The van der Waals surface area contributed by atoms with Gasteiger partial charge in [0.05, 0.1) is 9.79 Å². The Hall–Kier alpha value is -0.259. The van der Waals surface area contributed by atoms with Crippen molar-refractivity contribution in [2.24, 2.45) is 0 Å². The summed E-state index contributed by atoms with van der Waals surface area (Å²) in [4.78, 5) is -0.338. The average molecular weight is 430 g/mol. The van der Waals surface area contributed by atoms with E-state index in [1.165, 1.54) is 24.3 Å². The summed E-state index contributed by atoms with van der Waals surface area (Å²) in [5, 5.41) is 0. The van der Waals surface area contributed by atoms with Crippen LogP contribution in [-0.4, -0.2) is 71.4 Å². The smallest absolute Gasteiger partial charge is 0.744 e. The van der Waals surface area contributed by atoms with Crippen molar-refractivity contribution in [2.75, 3.05) is 0 Å². The minimum atomic E-state index is -4.28. The number of hydrogen-bond acceptors (Lipinski definition) is 6. The van der Waals surface area contributed by atoms with Crippen molar-refractivity contribution < 1.29 is 25.9 Å². The Morgan fingerprint density at radius 2 is 1.00 bits per heavy atom. The van der Waals surface area contributed by atoms with E-state index in [2.05, 4.69) is 0 Å². The van der Waals surface area contributed by atoms with Crippen molar-refractivity contribution >= 4 is 65.7 Å². The molecular formula is C14H14O6S2Sr. The second kappa shape index (κ2) is 9.28. The molecule has 9 heteroatoms. The molecule has 23 heavy (non-hydrogen) atoms. The van der Waals surface area contributed by atoms with E-state index in [1.807, 2.05) is 0 Å². The molecule has 0 N–H and O–H groups in total. The van der Waals surface area contributed by atoms with Gasteiger partial charge in [0, 0.05) is 0 Å². The molecule has 0 fully saturated rings. The van der Waals surface area contributed by atoms with E-state index in [4.69, 9.17) is 0 Å². The van der Waals surface area contributed by atoms with Gasteiger partial charge in [-0.15, -0.1) is 0 Å². The van der Waals surface area contributed by atoms with Gasteiger partial charge < -0.3 is 9.11 Å². The fourth-order valence-corrected chi connectivity index (χ4v) is 2.69. The van der Waals surface area contributed by atoms with E-state index < -0.39 is 20.2 Å². The Morgan fingerprint density at radius 3 is 1.17 bits per heavy atom. The van der Waals surface area contributed by atoms with Crippen LogP contribution in [0.5, 0.6) is 0 Å². The normalized spacial score (nSPS) is 11.0. The maximum Gasteiger partial charge on any atom is 2.00 e. The quantitative estimate of drug-likeness (QED) is 0.526. The van der Waals surface area contributed by atoms with Crippen molar-refractivity contribution in [1.82, 2.24) is 0 Å². The summed E-state index contributed by atoms with van der Waals surface area (Å²) in [6, 6.07) is 11.8. The molecule has 0 spiro atoms. The van der Waals surface area contributed by atoms with E-state index >= 15 is 0 Å². The molecular weight excluding hydrogens is 416 g/mol. The van der Waals surface area contributed by atoms with E-state index in [-0.39, 0.29) is 55.3 Å². The summed E-state index contributed by atoms with van der Waals surface area (Å²) >= 11 is 0. The van der Waals surface area contributed by atoms with Crippen LogP contribution >= 0.6 is 0 Å². The first kappa shape index (κ1) is 22.7. The van der Waals surface area contributed by atoms with Crippen LogP contribution in [0.15, 0.2) is 58.3 Å². The van der Waals surface area contributed by atoms with Crippen molar-refractivity contribution in [3.8, 4) is 0 Å². The summed E-state index contributed by atoms with van der Waals surface area (Å²) in [6.07, 6.45) is 0. The first-order valence-electron chi connectivity index (χ1n) is 6.05. The average Bonchev–Trinajstić information content (AvgIpc) is 2.37. The van der Waals surface area contributed by atoms with Crippen molar-refractivity contribution in [1.29, 1.82) is 0 Å². The SMILES string of the molecule is Cc1cccc(S(=O)(=O)[O-])c1.Cc1cccc(S(=O)(=O)[O-])c1.[Sr+2]. The van der Waals surface area contributed by atoms with E-state index in [9.17, 15) is 25.9 Å². The van der Waals surface area contributed by atoms with Gasteiger partial charge in [-0.05, 0) is 49.2 Å². The van der Waals surface area contributed by atoms with E-state index in [1.54, 1.807) is 38.1 Å². The van der Waals surface area contributed by atoms with Gasteiger partial charge in [-0.1, -0.05) is 24.3 Å². The minimum Gasteiger partial charge on any atom is -0.744 e. The molecule has 0 amide bonds. The van der Waals surface area contributed by atoms with E-state index in [0.717, 1.165) is 11.1 Å². The molecule has 0 unspecified atom stereocenters. The number of benzene rings is 2. The Morgan fingerprint density at radius 1 is 0.696 bits per heavy atom. The van der Waals surface area contributed by atoms with Gasteiger partial charge in [0.2, 0.25) is 0 Å². The van der Waals surface area contributed by atoms with Crippen LogP contribution in [0.4, 0.5) is 0 Å². The van der Waals surface area contributed by atoms with Crippen LogP contribution in [0.2, 0.25) is 0 Å². The van der Waals surface area contributed by atoms with Crippen LogP contribution in [-0.2, 0) is 20.2 Å². The molecule has 0 saturated heterocycles. The first-order valence-corrected chi connectivity index (χ1v) is 8.87. The number of aryl methyl sites for hydroxylation is 2. The van der Waals surface area contributed by atoms with Gasteiger partial charge in [0.25, 0.3) is 0 Å². The maximum absolute atomic E-state index is 10.4. The molecule has 0 radical (unpaired) electrons. The number of rotatable bonds is 2. The summed E-state index contributed by atoms with van der Waals surface area (Å²) in [6.45, 7) is 3.46. The molecule has 120 valence electrons. The largest absolute Gasteiger partial charge is 2.00 e. The minimum absolute atomic E-state index is 0. The Kier molecular flexibility index (Phi) is 9.18. The third-order valence-corrected chi connectivity index (χ3v) is 4.22. The Balaban J connectivity index is 0.000000403. The monoisotopic (exact) mass is 430 g/mol. The Bertz CT molecular complexity index is 787. The molecule has 0 aliphatic carbocycles. The fourth-order valence-electron chi connectivity index (χ4n) is 1.54. The topological polar surface area (TPSA) is 114 Å². The van der Waals surface area contributed by atoms with Gasteiger partial charge in [-0.3, -0.25) is 0 Å². The molecule has 2 rings (SSSR count). The molecule has 0 saturated carbocycles. The second-order valence-corrected chi connectivity index (χ2v) is 7.30. The zero-order chi connectivity index (χ0) is 17.0. The van der Waals surface area contributed by atoms with Gasteiger partial charge >= 0.3 is 45.5 Å².